The summed E-state index contributed by atoms with van der Waals surface area (Å²) in [6.07, 6.45) is -1.95. The smallest absolute Gasteiger partial charge is 0.101 e. The molecule has 0 aromatic heterocycles. The van der Waals surface area contributed by atoms with Gasteiger partial charge in [0.25, 0.3) is 0 Å². The highest BCUT2D eigenvalue weighted by Gasteiger charge is 2.17. The van der Waals surface area contributed by atoms with E-state index in [-0.39, 0.29) is 93.1 Å². The molecule has 0 saturated heterocycles. The minimum absolute atomic E-state index is 0.00888. The Bertz CT molecular complexity index is 860. The van der Waals surface area contributed by atoms with E-state index in [1.165, 1.54) is 0 Å². The zero-order valence-corrected chi connectivity index (χ0v) is 37.3. The van der Waals surface area contributed by atoms with Crippen molar-refractivity contribution in [3.05, 3.63) is 0 Å². The Labute approximate surface area is 339 Å². The van der Waals surface area contributed by atoms with Gasteiger partial charge < -0.3 is 71.8 Å². The fourth-order valence-electron chi connectivity index (χ4n) is 4.46. The van der Waals surface area contributed by atoms with Crippen molar-refractivity contribution in [3.63, 3.8) is 0 Å². The topological polar surface area (TPSA) is 160 Å². The van der Waals surface area contributed by atoms with Crippen molar-refractivity contribution in [1.29, 1.82) is 0 Å². The second-order valence-corrected chi connectivity index (χ2v) is 15.2. The van der Waals surface area contributed by atoms with E-state index in [0.29, 0.717) is 79.3 Å². The van der Waals surface area contributed by atoms with Gasteiger partial charge in [0, 0.05) is 6.61 Å². The zero-order chi connectivity index (χ0) is 42.3. The summed E-state index contributed by atoms with van der Waals surface area (Å²) in [5.74, 6) is 0. The first-order valence-electron chi connectivity index (χ1n) is 20.8. The Morgan fingerprint density at radius 2 is 0.464 bits per heavy atom. The van der Waals surface area contributed by atoms with E-state index in [2.05, 4.69) is 0 Å². The van der Waals surface area contributed by atoms with Crippen LogP contribution in [0.3, 0.4) is 0 Å². The van der Waals surface area contributed by atoms with E-state index < -0.39 is 6.10 Å². The summed E-state index contributed by atoms with van der Waals surface area (Å²) in [5, 5.41) is 18.9. The lowest BCUT2D eigenvalue weighted by atomic mass is 10.3. The molecule has 0 bridgehead atoms. The van der Waals surface area contributed by atoms with Crippen LogP contribution in [0.15, 0.2) is 0 Å². The van der Waals surface area contributed by atoms with Crippen LogP contribution < -0.4 is 0 Å². The van der Waals surface area contributed by atoms with E-state index in [9.17, 15) is 5.11 Å². The summed E-state index contributed by atoms with van der Waals surface area (Å²) < 4.78 is 75.3. The van der Waals surface area contributed by atoms with Gasteiger partial charge in [0.1, 0.15) is 6.10 Å². The highest BCUT2D eigenvalue weighted by Crippen LogP contribution is 2.07. The van der Waals surface area contributed by atoms with Crippen molar-refractivity contribution in [2.45, 2.75) is 169 Å². The third-order valence-electron chi connectivity index (χ3n) is 8.11. The predicted molar refractivity (Wildman–Crippen MR) is 215 cm³/mol. The molecule has 13 atom stereocenters. The molecule has 0 saturated carbocycles. The average Bonchev–Trinajstić information content (AvgIpc) is 3.18. The van der Waals surface area contributed by atoms with Crippen LogP contribution in [0.2, 0.25) is 0 Å². The van der Waals surface area contributed by atoms with Crippen LogP contribution in [-0.4, -0.2) is 189 Å². The van der Waals surface area contributed by atoms with Crippen molar-refractivity contribution in [1.82, 2.24) is 0 Å². The van der Waals surface area contributed by atoms with Crippen molar-refractivity contribution in [2.75, 3.05) is 99.1 Å². The highest BCUT2D eigenvalue weighted by atomic mass is 16.6. The lowest BCUT2D eigenvalue weighted by molar-refractivity contribution is -0.115. The fourth-order valence-corrected chi connectivity index (χ4v) is 4.46. The van der Waals surface area contributed by atoms with Gasteiger partial charge in [-0.05, 0) is 90.0 Å². The summed E-state index contributed by atoms with van der Waals surface area (Å²) >= 11 is 0. The van der Waals surface area contributed by atoms with Crippen molar-refractivity contribution >= 4 is 0 Å². The Morgan fingerprint density at radius 3 is 0.643 bits per heavy atom. The number of ether oxygens (including phenoxy) is 13. The molecule has 0 aliphatic carbocycles. The molecule has 56 heavy (non-hydrogen) atoms. The predicted octanol–water partition coefficient (Wildman–Crippen LogP) is 4.24. The molecule has 0 fully saturated rings. The second-order valence-electron chi connectivity index (χ2n) is 15.2. The van der Waals surface area contributed by atoms with Gasteiger partial charge in [0.05, 0.1) is 166 Å². The summed E-state index contributed by atoms with van der Waals surface area (Å²) in [4.78, 5) is 0. The fraction of sp³-hybridized carbons (Fsp3) is 1.00. The summed E-state index contributed by atoms with van der Waals surface area (Å²) in [7, 11) is 0. The van der Waals surface area contributed by atoms with Crippen LogP contribution in [-0.2, 0) is 61.6 Å². The van der Waals surface area contributed by atoms with E-state index in [1.54, 1.807) is 0 Å². The standard InChI is InChI=1S/C41H84O15/c1-14-44-27-41(43)28-56-40(13)26-55-39(12)25-54-38(11)24-53-37(10)23-52-36(9)22-51-35(8)21-50-34(7)20-49-33(6)19-48-32(5)18-47-31(4)17-46-30(3)16-45-29(2)15-42/h29-43H,14-28H2,1-13H3. The molecular formula is C41H84O15. The van der Waals surface area contributed by atoms with Gasteiger partial charge >= 0.3 is 0 Å². The van der Waals surface area contributed by atoms with Gasteiger partial charge in [-0.1, -0.05) is 0 Å². The lowest BCUT2D eigenvalue weighted by Crippen LogP contribution is -2.31. The van der Waals surface area contributed by atoms with Crippen LogP contribution in [0.4, 0.5) is 0 Å². The van der Waals surface area contributed by atoms with Gasteiger partial charge in [0.2, 0.25) is 0 Å². The molecule has 0 amide bonds. The zero-order valence-electron chi connectivity index (χ0n) is 37.3. The van der Waals surface area contributed by atoms with Crippen molar-refractivity contribution in [2.24, 2.45) is 0 Å². The van der Waals surface area contributed by atoms with Crippen molar-refractivity contribution in [3.8, 4) is 0 Å². The van der Waals surface area contributed by atoms with E-state index in [0.717, 1.165) is 0 Å². The van der Waals surface area contributed by atoms with Gasteiger partial charge in [-0.3, -0.25) is 0 Å². The van der Waals surface area contributed by atoms with Crippen LogP contribution in [0.25, 0.3) is 0 Å². The Morgan fingerprint density at radius 1 is 0.286 bits per heavy atom. The maximum atomic E-state index is 9.82. The monoisotopic (exact) mass is 817 g/mol. The largest absolute Gasteiger partial charge is 0.394 e. The molecule has 0 rings (SSSR count). The Balaban J connectivity index is 3.95. The molecule has 0 radical (unpaired) electrons. The molecule has 0 aliphatic heterocycles. The number of hydrogen-bond acceptors (Lipinski definition) is 15. The summed E-state index contributed by atoms with van der Waals surface area (Å²) in [5.41, 5.74) is 0. The first kappa shape index (κ1) is 55.4. The van der Waals surface area contributed by atoms with E-state index in [4.69, 9.17) is 66.7 Å². The maximum absolute atomic E-state index is 9.82. The maximum Gasteiger partial charge on any atom is 0.101 e. The van der Waals surface area contributed by atoms with Crippen molar-refractivity contribution < 1.29 is 71.8 Å². The molecule has 0 heterocycles. The molecule has 15 nitrogen and oxygen atoms in total. The third kappa shape index (κ3) is 34.3. The van der Waals surface area contributed by atoms with Crippen LogP contribution >= 0.6 is 0 Å². The van der Waals surface area contributed by atoms with E-state index >= 15 is 0 Å². The molecule has 0 aromatic carbocycles. The number of aliphatic hydroxyl groups is 2. The van der Waals surface area contributed by atoms with Crippen LogP contribution in [0, 0.1) is 0 Å². The number of hydrogen-bond donors (Lipinski definition) is 2. The molecule has 15 heteroatoms. The number of aliphatic hydroxyl groups excluding tert-OH is 2. The molecule has 13 unspecified atom stereocenters. The molecule has 0 aliphatic rings. The Hall–Kier alpha value is -0.600. The average molecular weight is 817 g/mol. The third-order valence-corrected chi connectivity index (χ3v) is 8.11. The van der Waals surface area contributed by atoms with Crippen LogP contribution in [0.1, 0.15) is 90.0 Å². The van der Waals surface area contributed by atoms with Gasteiger partial charge in [-0.2, -0.15) is 0 Å². The normalized spacial score (nSPS) is 19.3. The summed E-state index contributed by atoms with van der Waals surface area (Å²) in [6, 6.07) is 0. The molecule has 0 spiro atoms. The van der Waals surface area contributed by atoms with Gasteiger partial charge in [-0.25, -0.2) is 0 Å². The molecule has 0 aromatic rings. The number of rotatable bonds is 40. The molecule has 2 N–H and O–H groups in total. The lowest BCUT2D eigenvalue weighted by Gasteiger charge is -2.23. The minimum atomic E-state index is -0.643. The van der Waals surface area contributed by atoms with Gasteiger partial charge in [-0.15, -0.1) is 0 Å². The quantitative estimate of drug-likeness (QED) is 0.0904. The first-order valence-corrected chi connectivity index (χ1v) is 20.8. The van der Waals surface area contributed by atoms with Gasteiger partial charge in [0.15, 0.2) is 0 Å². The molecule has 338 valence electrons. The highest BCUT2D eigenvalue weighted by molar-refractivity contribution is 4.62. The SMILES string of the molecule is CCOCC(O)COC(C)COC(C)COC(C)COC(C)COC(C)COC(C)COC(C)COC(C)COC(C)COC(C)COC(C)COC(C)CO. The van der Waals surface area contributed by atoms with Crippen LogP contribution in [0.5, 0.6) is 0 Å². The Kier molecular flexibility index (Phi) is 34.8. The van der Waals surface area contributed by atoms with E-state index in [1.807, 2.05) is 90.0 Å². The first-order chi connectivity index (χ1) is 26.5. The summed E-state index contributed by atoms with van der Waals surface area (Å²) in [6.45, 7) is 31.1. The second kappa shape index (κ2) is 35.2. The molecular weight excluding hydrogens is 732 g/mol. The minimum Gasteiger partial charge on any atom is -0.394 e.